The second-order valence-corrected chi connectivity index (χ2v) is 5.38. The molecule has 0 spiro atoms. The van der Waals surface area contributed by atoms with Crippen molar-refractivity contribution in [2.75, 3.05) is 0 Å². The van der Waals surface area contributed by atoms with Gasteiger partial charge in [0.05, 0.1) is 11.4 Å². The Balaban J connectivity index is 2.33. The molecule has 78 valence electrons. The standard InChI is InChI=1S/C9H8ClN3S2/c1-5-6(2)13-8(7(10)12-5)15-9-11-3-4-14-9/h3-4H,1-2H3. The van der Waals surface area contributed by atoms with Gasteiger partial charge in [0, 0.05) is 11.6 Å². The molecule has 6 heteroatoms. The number of nitrogens with zero attached hydrogens (tertiary/aromatic N) is 3. The molecule has 3 nitrogen and oxygen atoms in total. The highest BCUT2D eigenvalue weighted by molar-refractivity contribution is 8.01. The van der Waals surface area contributed by atoms with Gasteiger partial charge in [0.1, 0.15) is 5.03 Å². The molecule has 0 saturated heterocycles. The molecule has 2 heterocycles. The van der Waals surface area contributed by atoms with Gasteiger partial charge in [-0.25, -0.2) is 15.0 Å². The number of thiazole rings is 1. The van der Waals surface area contributed by atoms with E-state index < -0.39 is 0 Å². The van der Waals surface area contributed by atoms with Crippen LogP contribution in [0.25, 0.3) is 0 Å². The first kappa shape index (κ1) is 10.9. The minimum atomic E-state index is 0.443. The van der Waals surface area contributed by atoms with Gasteiger partial charge in [0.25, 0.3) is 0 Å². The molecular formula is C9H8ClN3S2. The van der Waals surface area contributed by atoms with Crippen LogP contribution in [0.15, 0.2) is 20.9 Å². The van der Waals surface area contributed by atoms with Gasteiger partial charge in [-0.05, 0) is 25.6 Å². The summed E-state index contributed by atoms with van der Waals surface area (Å²) in [6, 6.07) is 0. The summed E-state index contributed by atoms with van der Waals surface area (Å²) < 4.78 is 0.925. The van der Waals surface area contributed by atoms with E-state index in [0.717, 1.165) is 20.8 Å². The first-order valence-electron chi connectivity index (χ1n) is 4.25. The molecular weight excluding hydrogens is 250 g/mol. The van der Waals surface area contributed by atoms with E-state index >= 15 is 0 Å². The third-order valence-corrected chi connectivity index (χ3v) is 4.07. The molecule has 0 fully saturated rings. The average Bonchev–Trinajstić information content (AvgIpc) is 2.67. The second kappa shape index (κ2) is 4.47. The van der Waals surface area contributed by atoms with Gasteiger partial charge in [-0.2, -0.15) is 0 Å². The lowest BCUT2D eigenvalue weighted by Crippen LogP contribution is -1.94. The molecule has 0 aliphatic carbocycles. The van der Waals surface area contributed by atoms with E-state index in [1.165, 1.54) is 11.8 Å². The van der Waals surface area contributed by atoms with Gasteiger partial charge in [0.2, 0.25) is 0 Å². The first-order valence-corrected chi connectivity index (χ1v) is 6.32. The fourth-order valence-corrected chi connectivity index (χ4v) is 2.80. The van der Waals surface area contributed by atoms with E-state index in [1.54, 1.807) is 17.5 Å². The zero-order chi connectivity index (χ0) is 10.8. The summed E-state index contributed by atoms with van der Waals surface area (Å²) in [4.78, 5) is 12.8. The van der Waals surface area contributed by atoms with Gasteiger partial charge >= 0.3 is 0 Å². The molecule has 0 N–H and O–H groups in total. The van der Waals surface area contributed by atoms with Crippen molar-refractivity contribution in [2.45, 2.75) is 23.2 Å². The van der Waals surface area contributed by atoms with E-state index in [-0.39, 0.29) is 0 Å². The summed E-state index contributed by atoms with van der Waals surface area (Å²) in [5.41, 5.74) is 1.77. The van der Waals surface area contributed by atoms with Crippen LogP contribution < -0.4 is 0 Å². The Morgan fingerprint density at radius 2 is 2.00 bits per heavy atom. The van der Waals surface area contributed by atoms with Crippen molar-refractivity contribution in [2.24, 2.45) is 0 Å². The number of aryl methyl sites for hydroxylation is 2. The van der Waals surface area contributed by atoms with Crippen LogP contribution in [0.1, 0.15) is 11.4 Å². The lowest BCUT2D eigenvalue weighted by Gasteiger charge is -2.03. The molecule has 2 rings (SSSR count). The van der Waals surface area contributed by atoms with E-state index in [2.05, 4.69) is 15.0 Å². The minimum absolute atomic E-state index is 0.443. The Kier molecular flexibility index (Phi) is 3.23. The summed E-state index contributed by atoms with van der Waals surface area (Å²) in [6.07, 6.45) is 1.76. The highest BCUT2D eigenvalue weighted by Gasteiger charge is 2.09. The summed E-state index contributed by atoms with van der Waals surface area (Å²) in [6.45, 7) is 3.82. The lowest BCUT2D eigenvalue weighted by atomic mass is 10.4. The van der Waals surface area contributed by atoms with Crippen LogP contribution in [0, 0.1) is 13.8 Å². The number of rotatable bonds is 2. The van der Waals surface area contributed by atoms with Crippen LogP contribution in [0.2, 0.25) is 5.15 Å². The number of hydrogen-bond donors (Lipinski definition) is 0. The highest BCUT2D eigenvalue weighted by Crippen LogP contribution is 2.32. The van der Waals surface area contributed by atoms with Gasteiger partial charge < -0.3 is 0 Å². The second-order valence-electron chi connectivity index (χ2n) is 2.89. The van der Waals surface area contributed by atoms with Crippen molar-refractivity contribution >= 4 is 34.7 Å². The number of aromatic nitrogens is 3. The van der Waals surface area contributed by atoms with Crippen LogP contribution in [0.3, 0.4) is 0 Å². The molecule has 0 saturated carbocycles. The topological polar surface area (TPSA) is 38.7 Å². The van der Waals surface area contributed by atoms with Crippen LogP contribution in [-0.4, -0.2) is 15.0 Å². The summed E-state index contributed by atoms with van der Waals surface area (Å²) in [5, 5.41) is 3.08. The van der Waals surface area contributed by atoms with E-state index in [4.69, 9.17) is 11.6 Å². The quantitative estimate of drug-likeness (QED) is 0.827. The molecule has 0 bridgehead atoms. The highest BCUT2D eigenvalue weighted by atomic mass is 35.5. The summed E-state index contributed by atoms with van der Waals surface area (Å²) in [7, 11) is 0. The number of hydrogen-bond acceptors (Lipinski definition) is 5. The molecule has 0 radical (unpaired) electrons. The van der Waals surface area contributed by atoms with Crippen LogP contribution in [0.4, 0.5) is 0 Å². The van der Waals surface area contributed by atoms with Crippen LogP contribution in [0.5, 0.6) is 0 Å². The van der Waals surface area contributed by atoms with E-state index in [1.807, 2.05) is 19.2 Å². The van der Waals surface area contributed by atoms with E-state index in [9.17, 15) is 0 Å². The largest absolute Gasteiger partial charge is 0.241 e. The van der Waals surface area contributed by atoms with E-state index in [0.29, 0.717) is 5.15 Å². The monoisotopic (exact) mass is 257 g/mol. The van der Waals surface area contributed by atoms with Crippen LogP contribution in [-0.2, 0) is 0 Å². The van der Waals surface area contributed by atoms with Crippen molar-refractivity contribution in [1.82, 2.24) is 15.0 Å². The van der Waals surface area contributed by atoms with Gasteiger partial charge in [-0.3, -0.25) is 0 Å². The van der Waals surface area contributed by atoms with Crippen LogP contribution >= 0.6 is 34.7 Å². The molecule has 2 aromatic rings. The van der Waals surface area contributed by atoms with Crippen molar-refractivity contribution < 1.29 is 0 Å². The maximum Gasteiger partial charge on any atom is 0.161 e. The van der Waals surface area contributed by atoms with Gasteiger partial charge in [0.15, 0.2) is 9.49 Å². The Hall–Kier alpha value is -0.650. The summed E-state index contributed by atoms with van der Waals surface area (Å²) in [5.74, 6) is 0. The van der Waals surface area contributed by atoms with Crippen molar-refractivity contribution in [3.63, 3.8) is 0 Å². The fourth-order valence-electron chi connectivity index (χ4n) is 0.964. The Morgan fingerprint density at radius 1 is 1.27 bits per heavy atom. The zero-order valence-electron chi connectivity index (χ0n) is 8.19. The summed E-state index contributed by atoms with van der Waals surface area (Å²) >= 11 is 9.01. The fraction of sp³-hybridized carbons (Fsp3) is 0.222. The molecule has 0 aliphatic heterocycles. The van der Waals surface area contributed by atoms with Gasteiger partial charge in [-0.1, -0.05) is 11.6 Å². The SMILES string of the molecule is Cc1nc(Cl)c(Sc2nccs2)nc1C. The first-order chi connectivity index (χ1) is 7.16. The molecule has 0 amide bonds. The molecule has 2 aromatic heterocycles. The molecule has 0 unspecified atom stereocenters. The molecule has 0 aliphatic rings. The maximum atomic E-state index is 6.00. The smallest absolute Gasteiger partial charge is 0.161 e. The normalized spacial score (nSPS) is 10.6. The Labute approximate surface area is 101 Å². The Bertz CT molecular complexity index is 470. The number of halogens is 1. The van der Waals surface area contributed by atoms with Crippen molar-refractivity contribution in [3.05, 3.63) is 28.1 Å². The third kappa shape index (κ3) is 2.48. The zero-order valence-corrected chi connectivity index (χ0v) is 10.6. The predicted molar refractivity (Wildman–Crippen MR) is 62.8 cm³/mol. The lowest BCUT2D eigenvalue weighted by molar-refractivity contribution is 0.957. The predicted octanol–water partition coefficient (Wildman–Crippen LogP) is 3.35. The average molecular weight is 258 g/mol. The van der Waals surface area contributed by atoms with Crippen molar-refractivity contribution in [3.8, 4) is 0 Å². The minimum Gasteiger partial charge on any atom is -0.241 e. The molecule has 0 atom stereocenters. The third-order valence-electron chi connectivity index (χ3n) is 1.83. The maximum absolute atomic E-state index is 6.00. The molecule has 15 heavy (non-hydrogen) atoms. The van der Waals surface area contributed by atoms with Crippen molar-refractivity contribution in [1.29, 1.82) is 0 Å². The van der Waals surface area contributed by atoms with Gasteiger partial charge in [-0.15, -0.1) is 11.3 Å². The Morgan fingerprint density at radius 3 is 2.67 bits per heavy atom. The molecule has 0 aromatic carbocycles.